The Labute approximate surface area is 98.7 Å². The van der Waals surface area contributed by atoms with E-state index in [0.717, 1.165) is 0 Å². The van der Waals surface area contributed by atoms with Gasteiger partial charge in [0.1, 0.15) is 6.61 Å². The van der Waals surface area contributed by atoms with Crippen molar-refractivity contribution in [2.45, 2.75) is 27.0 Å². The van der Waals surface area contributed by atoms with Gasteiger partial charge in [-0.2, -0.15) is 5.10 Å². The predicted molar refractivity (Wildman–Crippen MR) is 61.2 cm³/mol. The second-order valence-corrected chi connectivity index (χ2v) is 4.54. The van der Waals surface area contributed by atoms with Crippen molar-refractivity contribution >= 4 is 18.1 Å². The monoisotopic (exact) mass is 244 g/mol. The third-order valence-electron chi connectivity index (χ3n) is 2.37. The van der Waals surface area contributed by atoms with Crippen LogP contribution >= 0.6 is 12.2 Å². The van der Waals surface area contributed by atoms with E-state index in [-0.39, 0.29) is 12.5 Å². The molecular formula is C9H16N4O2S. The molecule has 7 heteroatoms. The molecule has 0 aliphatic carbocycles. The molecule has 0 radical (unpaired) electrons. The molecule has 0 bridgehead atoms. The molecule has 0 aliphatic rings. The van der Waals surface area contributed by atoms with Gasteiger partial charge in [-0.3, -0.25) is 9.89 Å². The van der Waals surface area contributed by atoms with Crippen molar-refractivity contribution in [2.75, 3.05) is 7.05 Å². The zero-order chi connectivity index (χ0) is 12.3. The molecule has 1 rings (SSSR count). The van der Waals surface area contributed by atoms with E-state index in [9.17, 15) is 4.79 Å². The highest BCUT2D eigenvalue weighted by Gasteiger charge is 2.28. The fourth-order valence-corrected chi connectivity index (χ4v) is 1.66. The average Bonchev–Trinajstić information content (AvgIpc) is 2.58. The van der Waals surface area contributed by atoms with Gasteiger partial charge in [0.2, 0.25) is 5.91 Å². The van der Waals surface area contributed by atoms with Gasteiger partial charge in [0, 0.05) is 13.6 Å². The number of nitrogens with one attached hydrogen (secondary N) is 2. The van der Waals surface area contributed by atoms with Gasteiger partial charge in [0.05, 0.1) is 5.41 Å². The van der Waals surface area contributed by atoms with E-state index in [2.05, 4.69) is 15.5 Å². The maximum atomic E-state index is 11.6. The van der Waals surface area contributed by atoms with Crippen molar-refractivity contribution in [2.24, 2.45) is 5.41 Å². The third-order valence-corrected chi connectivity index (χ3v) is 2.69. The molecule has 6 nitrogen and oxygen atoms in total. The molecule has 0 fully saturated rings. The Hall–Kier alpha value is -1.21. The minimum absolute atomic E-state index is 0.0838. The number of aromatic amines is 1. The van der Waals surface area contributed by atoms with E-state index in [1.807, 2.05) is 13.8 Å². The summed E-state index contributed by atoms with van der Waals surface area (Å²) in [5.41, 5.74) is -0.610. The molecule has 0 saturated carbocycles. The number of rotatable bonds is 4. The minimum Gasteiger partial charge on any atom is -0.388 e. The first-order chi connectivity index (χ1) is 7.42. The van der Waals surface area contributed by atoms with Crippen LogP contribution in [0.4, 0.5) is 0 Å². The van der Waals surface area contributed by atoms with Crippen molar-refractivity contribution in [1.82, 2.24) is 20.1 Å². The molecular weight excluding hydrogens is 228 g/mol. The van der Waals surface area contributed by atoms with Gasteiger partial charge < -0.3 is 15.0 Å². The zero-order valence-corrected chi connectivity index (χ0v) is 10.4. The number of aliphatic hydroxyl groups excluding tert-OH is 1. The van der Waals surface area contributed by atoms with Crippen LogP contribution in [-0.4, -0.2) is 32.8 Å². The number of nitrogens with zero attached hydrogens (tertiary/aromatic N) is 2. The van der Waals surface area contributed by atoms with Gasteiger partial charge in [-0.15, -0.1) is 0 Å². The standard InChI is InChI=1S/C9H16N4O2S/c1-9(2,7(15)10-3)5-13-6(4-14)11-12-8(13)16/h14H,4-5H2,1-3H3,(H,10,15)(H,12,16). The van der Waals surface area contributed by atoms with E-state index in [4.69, 9.17) is 17.3 Å². The molecule has 3 N–H and O–H groups in total. The molecule has 1 aromatic heterocycles. The maximum Gasteiger partial charge on any atom is 0.227 e. The quantitative estimate of drug-likeness (QED) is 0.661. The Morgan fingerprint density at radius 2 is 2.31 bits per heavy atom. The summed E-state index contributed by atoms with van der Waals surface area (Å²) in [6.07, 6.45) is 0. The molecule has 1 heterocycles. The van der Waals surface area contributed by atoms with Crippen molar-refractivity contribution in [3.05, 3.63) is 10.6 Å². The van der Waals surface area contributed by atoms with Crippen LogP contribution in [0.25, 0.3) is 0 Å². The highest BCUT2D eigenvalue weighted by Crippen LogP contribution is 2.19. The number of hydrogen-bond acceptors (Lipinski definition) is 4. The van der Waals surface area contributed by atoms with E-state index in [1.54, 1.807) is 11.6 Å². The normalized spacial score (nSPS) is 11.5. The Balaban J connectivity index is 3.00. The molecule has 0 aromatic carbocycles. The van der Waals surface area contributed by atoms with Crippen LogP contribution in [0.15, 0.2) is 0 Å². The van der Waals surface area contributed by atoms with E-state index in [0.29, 0.717) is 17.1 Å². The minimum atomic E-state index is -0.610. The molecule has 0 spiro atoms. The molecule has 1 aromatic rings. The molecule has 0 atom stereocenters. The summed E-state index contributed by atoms with van der Waals surface area (Å²) in [5.74, 6) is 0.349. The van der Waals surface area contributed by atoms with Gasteiger partial charge in [0.15, 0.2) is 10.6 Å². The Morgan fingerprint density at radius 3 is 2.81 bits per heavy atom. The summed E-state index contributed by atoms with van der Waals surface area (Å²) >= 11 is 5.03. The van der Waals surface area contributed by atoms with E-state index >= 15 is 0 Å². The Kier molecular flexibility index (Phi) is 3.82. The van der Waals surface area contributed by atoms with Crippen LogP contribution in [0, 0.1) is 10.2 Å². The lowest BCUT2D eigenvalue weighted by Crippen LogP contribution is -2.38. The lowest BCUT2D eigenvalue weighted by Gasteiger charge is -2.23. The summed E-state index contributed by atoms with van der Waals surface area (Å²) in [5, 5.41) is 18.1. The number of H-pyrrole nitrogens is 1. The fourth-order valence-electron chi connectivity index (χ4n) is 1.44. The van der Waals surface area contributed by atoms with Gasteiger partial charge in [-0.05, 0) is 26.1 Å². The van der Waals surface area contributed by atoms with Gasteiger partial charge in [-0.1, -0.05) is 0 Å². The fraction of sp³-hybridized carbons (Fsp3) is 0.667. The SMILES string of the molecule is CNC(=O)C(C)(C)Cn1c(CO)n[nH]c1=S. The van der Waals surface area contributed by atoms with Gasteiger partial charge >= 0.3 is 0 Å². The third kappa shape index (κ3) is 2.48. The van der Waals surface area contributed by atoms with Gasteiger partial charge in [0.25, 0.3) is 0 Å². The molecule has 0 unspecified atom stereocenters. The molecule has 0 saturated heterocycles. The van der Waals surface area contributed by atoms with E-state index in [1.165, 1.54) is 0 Å². The predicted octanol–water partition coefficient (Wildman–Crippen LogP) is 0.205. The van der Waals surface area contributed by atoms with Crippen molar-refractivity contribution in [3.8, 4) is 0 Å². The maximum absolute atomic E-state index is 11.6. The van der Waals surface area contributed by atoms with Crippen LogP contribution in [0.5, 0.6) is 0 Å². The summed E-state index contributed by atoms with van der Waals surface area (Å²) in [7, 11) is 1.59. The van der Waals surface area contributed by atoms with Gasteiger partial charge in [-0.25, -0.2) is 0 Å². The molecule has 0 aliphatic heterocycles. The number of aromatic nitrogens is 3. The molecule has 90 valence electrons. The second-order valence-electron chi connectivity index (χ2n) is 4.15. The van der Waals surface area contributed by atoms with Crippen LogP contribution in [0.3, 0.4) is 0 Å². The highest BCUT2D eigenvalue weighted by molar-refractivity contribution is 7.71. The van der Waals surface area contributed by atoms with Crippen LogP contribution < -0.4 is 5.32 Å². The smallest absolute Gasteiger partial charge is 0.227 e. The lowest BCUT2D eigenvalue weighted by atomic mass is 9.92. The van der Waals surface area contributed by atoms with E-state index < -0.39 is 5.41 Å². The largest absolute Gasteiger partial charge is 0.388 e. The first-order valence-corrected chi connectivity index (χ1v) is 5.30. The summed E-state index contributed by atoms with van der Waals surface area (Å²) in [4.78, 5) is 11.6. The van der Waals surface area contributed by atoms with Crippen LogP contribution in [-0.2, 0) is 17.9 Å². The van der Waals surface area contributed by atoms with Crippen molar-refractivity contribution in [3.63, 3.8) is 0 Å². The lowest BCUT2D eigenvalue weighted by molar-refractivity contribution is -0.129. The van der Waals surface area contributed by atoms with Crippen molar-refractivity contribution in [1.29, 1.82) is 0 Å². The average molecular weight is 244 g/mol. The number of carbonyl (C=O) groups excluding carboxylic acids is 1. The first-order valence-electron chi connectivity index (χ1n) is 4.89. The molecule has 1 amide bonds. The number of carbonyl (C=O) groups is 1. The zero-order valence-electron chi connectivity index (χ0n) is 9.57. The highest BCUT2D eigenvalue weighted by atomic mass is 32.1. The molecule has 16 heavy (non-hydrogen) atoms. The van der Waals surface area contributed by atoms with Crippen LogP contribution in [0.2, 0.25) is 0 Å². The number of aliphatic hydroxyl groups is 1. The van der Waals surface area contributed by atoms with Crippen LogP contribution in [0.1, 0.15) is 19.7 Å². The Morgan fingerprint density at radius 1 is 1.69 bits per heavy atom. The number of amides is 1. The summed E-state index contributed by atoms with van der Waals surface area (Å²) in [6.45, 7) is 3.78. The topological polar surface area (TPSA) is 82.9 Å². The number of hydrogen-bond donors (Lipinski definition) is 3. The summed E-state index contributed by atoms with van der Waals surface area (Å²) in [6, 6.07) is 0. The van der Waals surface area contributed by atoms with Crippen molar-refractivity contribution < 1.29 is 9.90 Å². The Bertz CT molecular complexity index is 435. The summed E-state index contributed by atoms with van der Waals surface area (Å²) < 4.78 is 2.03. The second kappa shape index (κ2) is 4.75. The first kappa shape index (κ1) is 12.9.